The molecular weight excluding hydrogens is 276 g/mol. The molecule has 2 aromatic rings. The number of rotatable bonds is 2. The van der Waals surface area contributed by atoms with Crippen LogP contribution in [0.1, 0.15) is 5.56 Å². The van der Waals surface area contributed by atoms with Crippen LogP contribution in [0.5, 0.6) is 0 Å². The van der Waals surface area contributed by atoms with Crippen LogP contribution in [0.2, 0.25) is 0 Å². The first-order valence-electron chi connectivity index (χ1n) is 4.78. The van der Waals surface area contributed by atoms with E-state index in [9.17, 15) is 8.42 Å². The van der Waals surface area contributed by atoms with Gasteiger partial charge in [0.15, 0.2) is 5.82 Å². The highest BCUT2D eigenvalue weighted by Crippen LogP contribution is 2.21. The predicted molar refractivity (Wildman–Crippen MR) is 64.2 cm³/mol. The van der Waals surface area contributed by atoms with Gasteiger partial charge in [0.2, 0.25) is 0 Å². The van der Waals surface area contributed by atoms with Crippen molar-refractivity contribution in [3.05, 3.63) is 29.8 Å². The smallest absolute Gasteiger partial charge is 0.296 e. The van der Waals surface area contributed by atoms with Gasteiger partial charge in [0.05, 0.1) is 11.6 Å². The van der Waals surface area contributed by atoms with Gasteiger partial charge in [0.25, 0.3) is 14.2 Å². The van der Waals surface area contributed by atoms with E-state index in [1.54, 1.807) is 24.3 Å². The highest BCUT2D eigenvalue weighted by atomic mass is 35.7. The monoisotopic (exact) mass is 282 g/mol. The first-order chi connectivity index (χ1) is 8.43. The number of benzene rings is 1. The molecule has 0 saturated carbocycles. The minimum absolute atomic E-state index is 0.325. The summed E-state index contributed by atoms with van der Waals surface area (Å²) < 4.78 is 23.7. The topological polar surface area (TPSA) is 88.6 Å². The summed E-state index contributed by atoms with van der Waals surface area (Å²) in [7, 11) is 2.77. The van der Waals surface area contributed by atoms with Crippen molar-refractivity contribution in [3.63, 3.8) is 0 Å². The van der Waals surface area contributed by atoms with Crippen LogP contribution >= 0.6 is 10.7 Å². The summed E-state index contributed by atoms with van der Waals surface area (Å²) in [6.07, 6.45) is 0. The average Bonchev–Trinajstić information content (AvgIpc) is 2.71. The molecule has 0 atom stereocenters. The molecule has 0 aliphatic heterocycles. The lowest BCUT2D eigenvalue weighted by Gasteiger charge is -2.02. The van der Waals surface area contributed by atoms with Gasteiger partial charge in [0.1, 0.15) is 0 Å². The van der Waals surface area contributed by atoms with E-state index < -0.39 is 9.05 Å². The third-order valence-corrected chi connectivity index (χ3v) is 3.51. The van der Waals surface area contributed by atoms with E-state index in [1.165, 1.54) is 11.6 Å². The van der Waals surface area contributed by atoms with Gasteiger partial charge in [-0.25, -0.2) is 8.42 Å². The molecule has 6 nitrogen and oxygen atoms in total. The summed E-state index contributed by atoms with van der Waals surface area (Å²) in [5.74, 6) is 0.325. The lowest BCUT2D eigenvalue weighted by Crippen LogP contribution is -2.02. The molecule has 0 aliphatic carbocycles. The molecular formula is C10H7ClN4O2S. The quantitative estimate of drug-likeness (QED) is 0.774. The Morgan fingerprint density at radius 1 is 1.39 bits per heavy atom. The number of nitriles is 1. The van der Waals surface area contributed by atoms with Gasteiger partial charge in [-0.2, -0.15) is 5.26 Å². The van der Waals surface area contributed by atoms with E-state index in [0.717, 1.165) is 0 Å². The molecule has 92 valence electrons. The van der Waals surface area contributed by atoms with Gasteiger partial charge in [-0.05, 0) is 12.1 Å². The molecule has 0 saturated heterocycles. The van der Waals surface area contributed by atoms with Crippen LogP contribution < -0.4 is 0 Å². The molecule has 1 aromatic heterocycles. The van der Waals surface area contributed by atoms with Gasteiger partial charge < -0.3 is 0 Å². The highest BCUT2D eigenvalue weighted by molar-refractivity contribution is 8.13. The van der Waals surface area contributed by atoms with Crippen molar-refractivity contribution in [2.75, 3.05) is 0 Å². The Kier molecular flexibility index (Phi) is 3.07. The van der Waals surface area contributed by atoms with Crippen molar-refractivity contribution >= 4 is 19.7 Å². The molecule has 2 rings (SSSR count). The van der Waals surface area contributed by atoms with Crippen molar-refractivity contribution in [2.24, 2.45) is 7.05 Å². The highest BCUT2D eigenvalue weighted by Gasteiger charge is 2.20. The minimum Gasteiger partial charge on any atom is -0.300 e. The van der Waals surface area contributed by atoms with Crippen molar-refractivity contribution < 1.29 is 8.42 Å². The molecule has 0 radical (unpaired) electrons. The second kappa shape index (κ2) is 4.40. The van der Waals surface area contributed by atoms with Crippen LogP contribution in [0.15, 0.2) is 29.4 Å². The molecule has 1 aromatic carbocycles. The van der Waals surface area contributed by atoms with Crippen LogP contribution in [0.3, 0.4) is 0 Å². The lowest BCUT2D eigenvalue weighted by molar-refractivity contribution is 0.593. The Morgan fingerprint density at radius 2 is 2.11 bits per heavy atom. The van der Waals surface area contributed by atoms with Gasteiger partial charge in [-0.3, -0.25) is 4.57 Å². The standard InChI is InChI=1S/C10H7ClN4O2S/c1-15-9(13-14-10(15)18(11,16)17)8-4-2-3-7(5-8)6-12/h2-5H,1H3. The van der Waals surface area contributed by atoms with Crippen LogP contribution in [-0.4, -0.2) is 23.2 Å². The third kappa shape index (κ3) is 2.20. The maximum Gasteiger partial charge on any atom is 0.296 e. The largest absolute Gasteiger partial charge is 0.300 e. The minimum atomic E-state index is -3.94. The molecule has 18 heavy (non-hydrogen) atoms. The van der Waals surface area contributed by atoms with Crippen LogP contribution in [0, 0.1) is 11.3 Å². The first-order valence-corrected chi connectivity index (χ1v) is 7.09. The fourth-order valence-electron chi connectivity index (χ4n) is 1.51. The van der Waals surface area contributed by atoms with E-state index in [-0.39, 0.29) is 5.16 Å². The summed E-state index contributed by atoms with van der Waals surface area (Å²) in [6.45, 7) is 0. The normalized spacial score (nSPS) is 11.2. The molecule has 0 amide bonds. The summed E-state index contributed by atoms with van der Waals surface area (Å²) >= 11 is 0. The van der Waals surface area contributed by atoms with E-state index in [0.29, 0.717) is 17.0 Å². The predicted octanol–water partition coefficient (Wildman–Crippen LogP) is 1.28. The summed E-state index contributed by atoms with van der Waals surface area (Å²) in [4.78, 5) is 0. The van der Waals surface area contributed by atoms with Gasteiger partial charge in [-0.1, -0.05) is 12.1 Å². The molecule has 0 unspecified atom stereocenters. The lowest BCUT2D eigenvalue weighted by atomic mass is 10.1. The zero-order valence-electron chi connectivity index (χ0n) is 9.20. The molecule has 0 spiro atoms. The Bertz CT molecular complexity index is 745. The number of aromatic nitrogens is 3. The van der Waals surface area contributed by atoms with Crippen molar-refractivity contribution in [2.45, 2.75) is 5.16 Å². The van der Waals surface area contributed by atoms with E-state index in [1.807, 2.05) is 6.07 Å². The van der Waals surface area contributed by atoms with E-state index in [4.69, 9.17) is 15.9 Å². The van der Waals surface area contributed by atoms with Crippen LogP contribution in [0.25, 0.3) is 11.4 Å². The molecule has 0 bridgehead atoms. The van der Waals surface area contributed by atoms with E-state index in [2.05, 4.69) is 10.2 Å². The summed E-state index contributed by atoms with van der Waals surface area (Å²) in [6, 6.07) is 8.60. The van der Waals surface area contributed by atoms with Gasteiger partial charge in [0, 0.05) is 23.3 Å². The second-order valence-electron chi connectivity index (χ2n) is 3.50. The molecule has 0 N–H and O–H groups in total. The maximum atomic E-state index is 11.2. The van der Waals surface area contributed by atoms with Crippen LogP contribution in [-0.2, 0) is 16.1 Å². The average molecular weight is 283 g/mol. The Labute approximate surface area is 108 Å². The Hall–Kier alpha value is -1.91. The van der Waals surface area contributed by atoms with Crippen LogP contribution in [0.4, 0.5) is 0 Å². The zero-order valence-corrected chi connectivity index (χ0v) is 10.8. The number of halogens is 1. The summed E-state index contributed by atoms with van der Waals surface area (Å²) in [5.41, 5.74) is 1.04. The third-order valence-electron chi connectivity index (χ3n) is 2.30. The molecule has 1 heterocycles. The number of nitrogens with zero attached hydrogens (tertiary/aromatic N) is 4. The summed E-state index contributed by atoms with van der Waals surface area (Å²) in [5, 5.41) is 15.8. The maximum absolute atomic E-state index is 11.2. The molecule has 8 heteroatoms. The van der Waals surface area contributed by atoms with E-state index >= 15 is 0 Å². The molecule has 0 aliphatic rings. The second-order valence-corrected chi connectivity index (χ2v) is 5.96. The van der Waals surface area contributed by atoms with Crippen molar-refractivity contribution in [3.8, 4) is 17.5 Å². The fourth-order valence-corrected chi connectivity index (χ4v) is 2.46. The first kappa shape index (κ1) is 12.5. The van der Waals surface area contributed by atoms with Crippen molar-refractivity contribution in [1.82, 2.24) is 14.8 Å². The Morgan fingerprint density at radius 3 is 2.67 bits per heavy atom. The van der Waals surface area contributed by atoms with Gasteiger partial charge in [-0.15, -0.1) is 10.2 Å². The van der Waals surface area contributed by atoms with Crippen molar-refractivity contribution in [1.29, 1.82) is 5.26 Å². The van der Waals surface area contributed by atoms with Gasteiger partial charge >= 0.3 is 0 Å². The Balaban J connectivity index is 2.60. The SMILES string of the molecule is Cn1c(-c2cccc(C#N)c2)nnc1S(=O)(=O)Cl. The molecule has 0 fully saturated rings. The number of hydrogen-bond acceptors (Lipinski definition) is 5. The fraction of sp³-hybridized carbons (Fsp3) is 0.100. The zero-order chi connectivity index (χ0) is 13.3. The number of hydrogen-bond donors (Lipinski definition) is 0.